The molecule has 2 aromatic carbocycles. The molecule has 0 bridgehead atoms. The van der Waals surface area contributed by atoms with Crippen LogP contribution in [0.25, 0.3) is 0 Å². The van der Waals surface area contributed by atoms with Gasteiger partial charge in [0.1, 0.15) is 0 Å². The summed E-state index contributed by atoms with van der Waals surface area (Å²) in [6.07, 6.45) is 1.16. The smallest absolute Gasteiger partial charge is 0.214 e. The summed E-state index contributed by atoms with van der Waals surface area (Å²) in [5.41, 5.74) is 1.43. The Morgan fingerprint density at radius 3 is 1.71 bits per heavy atom. The number of rotatable bonds is 1. The van der Waals surface area contributed by atoms with Crippen molar-refractivity contribution in [2.45, 2.75) is 13.3 Å². The third-order valence-electron chi connectivity index (χ3n) is 1.70. The van der Waals surface area contributed by atoms with Crippen LogP contribution in [0.1, 0.15) is 12.5 Å². The Morgan fingerprint density at radius 1 is 1.00 bits per heavy atom. The molecule has 0 amide bonds. The first-order valence-electron chi connectivity index (χ1n) is 4.30. The molecule has 0 atom stereocenters. The fourth-order valence-electron chi connectivity index (χ4n) is 0.970. The van der Waals surface area contributed by atoms with Gasteiger partial charge >= 0.3 is 23.1 Å². The summed E-state index contributed by atoms with van der Waals surface area (Å²) in [6.45, 7) is 2.16. The number of hydrogen-bond acceptors (Lipinski definition) is 0. The second kappa shape index (κ2) is 11.3. The molecule has 0 spiro atoms. The molecule has 0 heterocycles. The Kier molecular flexibility index (Phi) is 13.5. The largest absolute Gasteiger partial charge is 2.00 e. The van der Waals surface area contributed by atoms with E-state index in [1.165, 1.54) is 5.56 Å². The molecule has 2 radical (unpaired) electrons. The molecule has 0 N–H and O–H groups in total. The van der Waals surface area contributed by atoms with Crippen LogP contribution in [0.5, 0.6) is 0 Å². The zero-order chi connectivity index (χ0) is 8.65. The molecular formula is C12H14Mg2. The van der Waals surface area contributed by atoms with Crippen LogP contribution in [0.2, 0.25) is 0 Å². The van der Waals surface area contributed by atoms with Crippen molar-refractivity contribution in [3.63, 3.8) is 0 Å². The molecule has 2 rings (SSSR count). The van der Waals surface area contributed by atoms with Crippen molar-refractivity contribution in [1.29, 1.82) is 0 Å². The van der Waals surface area contributed by atoms with E-state index in [-0.39, 0.29) is 46.1 Å². The second-order valence-electron chi connectivity index (χ2n) is 2.61. The van der Waals surface area contributed by atoms with Crippen LogP contribution < -0.4 is 0 Å². The maximum absolute atomic E-state index is 2.16. The van der Waals surface area contributed by atoms with E-state index >= 15 is 0 Å². The van der Waals surface area contributed by atoms with E-state index in [0.717, 1.165) is 6.42 Å². The maximum atomic E-state index is 2.16. The van der Waals surface area contributed by atoms with E-state index in [0.29, 0.717) is 0 Å². The normalized spacial score (nSPS) is 7.50. The molecule has 0 saturated heterocycles. The van der Waals surface area contributed by atoms with Crippen molar-refractivity contribution < 1.29 is 0 Å². The zero-order valence-corrected chi connectivity index (χ0v) is 11.6. The van der Waals surface area contributed by atoms with Gasteiger partial charge in [0.05, 0.1) is 0 Å². The van der Waals surface area contributed by atoms with Crippen LogP contribution >= 0.6 is 0 Å². The summed E-state index contributed by atoms with van der Waals surface area (Å²) in [6, 6.07) is 18.4. The molecular weight excluding hydrogens is 193 g/mol. The van der Waals surface area contributed by atoms with Crippen LogP contribution in [0.4, 0.5) is 0 Å². The Morgan fingerprint density at radius 2 is 1.50 bits per heavy atom. The topological polar surface area (TPSA) is 0 Å². The van der Waals surface area contributed by atoms with E-state index in [4.69, 9.17) is 0 Å². The first-order valence-corrected chi connectivity index (χ1v) is 4.30. The fraction of sp³-hybridized carbons (Fsp3) is 0.167. The van der Waals surface area contributed by atoms with E-state index < -0.39 is 0 Å². The van der Waals surface area contributed by atoms with Gasteiger partial charge in [-0.2, -0.15) is 35.9 Å². The van der Waals surface area contributed by atoms with Gasteiger partial charge in [-0.25, -0.2) is 24.3 Å². The van der Waals surface area contributed by atoms with Crippen molar-refractivity contribution in [2.24, 2.45) is 0 Å². The van der Waals surface area contributed by atoms with Crippen LogP contribution in [-0.2, 0) is 6.42 Å². The number of hydrogen-bond donors (Lipinski definition) is 0. The average Bonchev–Trinajstić information content (AvgIpc) is 2.81. The van der Waals surface area contributed by atoms with Gasteiger partial charge in [-0.05, 0) is 0 Å². The standard InChI is InChI=1S/C7H9.C5H5.2Mg/c1-2-7-5-3-4-6-7;1-2-4-5-3-1;;/h3-6H,2H2,1H3;1-5H;;/q2*-1;;+2. The van der Waals surface area contributed by atoms with Crippen molar-refractivity contribution in [1.82, 2.24) is 0 Å². The zero-order valence-electron chi connectivity index (χ0n) is 8.82. The first kappa shape index (κ1) is 16.7. The summed E-state index contributed by atoms with van der Waals surface area (Å²) >= 11 is 0. The minimum atomic E-state index is 0. The minimum absolute atomic E-state index is 0. The second-order valence-corrected chi connectivity index (χ2v) is 2.61. The molecule has 14 heavy (non-hydrogen) atoms. The molecule has 0 fully saturated rings. The van der Waals surface area contributed by atoms with Gasteiger partial charge in [0.25, 0.3) is 0 Å². The van der Waals surface area contributed by atoms with Gasteiger partial charge in [0.2, 0.25) is 0 Å². The summed E-state index contributed by atoms with van der Waals surface area (Å²) in [7, 11) is 0. The van der Waals surface area contributed by atoms with Crippen LogP contribution in [0.15, 0.2) is 54.6 Å². The van der Waals surface area contributed by atoms with Gasteiger partial charge < -0.3 is 0 Å². The van der Waals surface area contributed by atoms with Crippen molar-refractivity contribution in [2.75, 3.05) is 0 Å². The van der Waals surface area contributed by atoms with Gasteiger partial charge in [-0.15, -0.1) is 0 Å². The molecule has 0 aliphatic carbocycles. The monoisotopic (exact) mass is 206 g/mol. The Balaban J connectivity index is 0. The molecule has 0 aliphatic rings. The fourth-order valence-corrected chi connectivity index (χ4v) is 0.970. The third kappa shape index (κ3) is 7.62. The molecule has 0 saturated carbocycles. The molecule has 0 aliphatic heterocycles. The summed E-state index contributed by atoms with van der Waals surface area (Å²) < 4.78 is 0. The predicted octanol–water partition coefficient (Wildman–Crippen LogP) is 2.61. The van der Waals surface area contributed by atoms with E-state index in [9.17, 15) is 0 Å². The predicted molar refractivity (Wildman–Crippen MR) is 65.0 cm³/mol. The molecule has 0 aromatic heterocycles. The van der Waals surface area contributed by atoms with Crippen molar-refractivity contribution >= 4 is 46.1 Å². The summed E-state index contributed by atoms with van der Waals surface area (Å²) in [5.74, 6) is 0. The molecule has 0 nitrogen and oxygen atoms in total. The molecule has 2 heteroatoms. The van der Waals surface area contributed by atoms with E-state index in [1.807, 2.05) is 30.3 Å². The Bertz CT molecular complexity index is 239. The van der Waals surface area contributed by atoms with Crippen LogP contribution in [0.3, 0.4) is 0 Å². The molecule has 66 valence electrons. The molecule has 0 unspecified atom stereocenters. The maximum Gasteiger partial charge on any atom is 2.00 e. The van der Waals surface area contributed by atoms with Crippen LogP contribution in [0, 0.1) is 0 Å². The van der Waals surface area contributed by atoms with Crippen LogP contribution in [-0.4, -0.2) is 46.1 Å². The SMILES string of the molecule is CC[c-]1cccc1.[Mg+2].[Mg].c1cc[cH-]c1. The quantitative estimate of drug-likeness (QED) is 0.497. The van der Waals surface area contributed by atoms with Gasteiger partial charge in [-0.1, -0.05) is 13.3 Å². The number of aryl methyl sites for hydroxylation is 1. The minimum Gasteiger partial charge on any atom is -0.214 e. The average molecular weight is 207 g/mol. The molecule has 2 aromatic rings. The van der Waals surface area contributed by atoms with Gasteiger partial charge in [-0.3, -0.25) is 0 Å². The van der Waals surface area contributed by atoms with Crippen molar-refractivity contribution in [3.05, 3.63) is 60.2 Å². The Hall–Kier alpha value is 0.232. The van der Waals surface area contributed by atoms with E-state index in [2.05, 4.69) is 31.2 Å². The third-order valence-corrected chi connectivity index (χ3v) is 1.70. The summed E-state index contributed by atoms with van der Waals surface area (Å²) in [5, 5.41) is 0. The van der Waals surface area contributed by atoms with Crippen molar-refractivity contribution in [3.8, 4) is 0 Å². The first-order chi connectivity index (χ1) is 5.93. The van der Waals surface area contributed by atoms with Gasteiger partial charge in [0, 0.05) is 23.1 Å². The van der Waals surface area contributed by atoms with E-state index in [1.54, 1.807) is 0 Å². The summed E-state index contributed by atoms with van der Waals surface area (Å²) in [4.78, 5) is 0. The Labute approximate surface area is 119 Å². The van der Waals surface area contributed by atoms with Gasteiger partial charge in [0.15, 0.2) is 0 Å².